The van der Waals surface area contributed by atoms with E-state index in [0.717, 1.165) is 16.5 Å². The minimum absolute atomic E-state index is 0.0659. The quantitative estimate of drug-likeness (QED) is 0.715. The number of benzene rings is 2. The molecule has 120 valence electrons. The van der Waals surface area contributed by atoms with Crippen LogP contribution in [0.1, 0.15) is 36.5 Å². The largest absolute Gasteiger partial charge is 0.352 e. The molecular formula is C20H22BrNO. The fraction of sp³-hybridized carbons (Fsp3) is 0.250. The number of halogens is 1. The lowest BCUT2D eigenvalue weighted by Crippen LogP contribution is -2.23. The molecule has 0 atom stereocenters. The molecule has 2 aromatic carbocycles. The number of carbonyl (C=O) groups is 1. The summed E-state index contributed by atoms with van der Waals surface area (Å²) in [5.41, 5.74) is 3.58. The van der Waals surface area contributed by atoms with Crippen LogP contribution in [0.2, 0.25) is 0 Å². The molecule has 0 aliphatic heterocycles. The van der Waals surface area contributed by atoms with Crippen molar-refractivity contribution >= 4 is 27.9 Å². The van der Waals surface area contributed by atoms with Crippen molar-refractivity contribution in [2.24, 2.45) is 0 Å². The first-order chi connectivity index (χ1) is 11.0. The molecule has 0 saturated heterocycles. The van der Waals surface area contributed by atoms with Crippen LogP contribution in [0.4, 0.5) is 0 Å². The fourth-order valence-electron chi connectivity index (χ4n) is 2.24. The number of hydrogen-bond donors (Lipinski definition) is 1. The third kappa shape index (κ3) is 6.03. The van der Waals surface area contributed by atoms with E-state index in [1.807, 2.05) is 30.3 Å². The summed E-state index contributed by atoms with van der Waals surface area (Å²) in [5, 5.41) is 2.92. The van der Waals surface area contributed by atoms with Crippen molar-refractivity contribution in [1.82, 2.24) is 5.32 Å². The Morgan fingerprint density at radius 3 is 2.57 bits per heavy atom. The highest BCUT2D eigenvalue weighted by Gasteiger charge is 2.00. The first-order valence-electron chi connectivity index (χ1n) is 7.85. The lowest BCUT2D eigenvalue weighted by Gasteiger charge is -2.07. The topological polar surface area (TPSA) is 29.1 Å². The summed E-state index contributed by atoms with van der Waals surface area (Å²) >= 11 is 3.42. The Morgan fingerprint density at radius 1 is 1.17 bits per heavy atom. The van der Waals surface area contributed by atoms with Gasteiger partial charge >= 0.3 is 0 Å². The molecular weight excluding hydrogens is 350 g/mol. The highest BCUT2D eigenvalue weighted by atomic mass is 79.9. The summed E-state index contributed by atoms with van der Waals surface area (Å²) < 4.78 is 1.00. The maximum atomic E-state index is 11.8. The van der Waals surface area contributed by atoms with Gasteiger partial charge in [-0.25, -0.2) is 0 Å². The van der Waals surface area contributed by atoms with Gasteiger partial charge in [-0.1, -0.05) is 66.2 Å². The van der Waals surface area contributed by atoms with Crippen LogP contribution < -0.4 is 5.32 Å². The van der Waals surface area contributed by atoms with E-state index in [1.54, 1.807) is 6.08 Å². The second-order valence-corrected chi connectivity index (χ2v) is 6.74. The molecule has 0 fully saturated rings. The molecule has 2 rings (SSSR count). The zero-order valence-corrected chi connectivity index (χ0v) is 15.1. The lowest BCUT2D eigenvalue weighted by atomic mass is 10.0. The van der Waals surface area contributed by atoms with E-state index in [0.29, 0.717) is 12.5 Å². The Balaban J connectivity index is 1.78. The Kier molecular flexibility index (Phi) is 6.60. The van der Waals surface area contributed by atoms with Crippen LogP contribution in [-0.4, -0.2) is 12.5 Å². The smallest absolute Gasteiger partial charge is 0.244 e. The van der Waals surface area contributed by atoms with Crippen molar-refractivity contribution in [1.29, 1.82) is 0 Å². The Hall–Kier alpha value is -1.87. The van der Waals surface area contributed by atoms with Gasteiger partial charge in [0.1, 0.15) is 0 Å². The number of amides is 1. The molecule has 0 unspecified atom stereocenters. The zero-order valence-electron chi connectivity index (χ0n) is 13.6. The van der Waals surface area contributed by atoms with Gasteiger partial charge in [0.05, 0.1) is 0 Å². The molecule has 0 aliphatic rings. The second-order valence-electron chi connectivity index (χ2n) is 5.83. The van der Waals surface area contributed by atoms with E-state index in [4.69, 9.17) is 0 Å². The third-order valence-corrected chi connectivity index (χ3v) is 4.13. The summed E-state index contributed by atoms with van der Waals surface area (Å²) in [6.45, 7) is 5.02. The van der Waals surface area contributed by atoms with Crippen molar-refractivity contribution < 1.29 is 4.79 Å². The summed E-state index contributed by atoms with van der Waals surface area (Å²) in [5.74, 6) is 0.482. The number of nitrogens with one attached hydrogen (secondary N) is 1. The third-order valence-electron chi connectivity index (χ3n) is 3.64. The van der Waals surface area contributed by atoms with Crippen molar-refractivity contribution in [3.05, 3.63) is 75.8 Å². The molecule has 0 bridgehead atoms. The van der Waals surface area contributed by atoms with Crippen LogP contribution in [0.3, 0.4) is 0 Å². The van der Waals surface area contributed by atoms with E-state index >= 15 is 0 Å². The van der Waals surface area contributed by atoms with Crippen molar-refractivity contribution in [2.75, 3.05) is 6.54 Å². The molecule has 0 aromatic heterocycles. The SMILES string of the molecule is CC(C)c1ccc(CCNC(=O)/C=C/c2cccc(Br)c2)cc1. The average molecular weight is 372 g/mol. The minimum atomic E-state index is -0.0659. The van der Waals surface area contributed by atoms with Crippen molar-refractivity contribution in [2.45, 2.75) is 26.2 Å². The van der Waals surface area contributed by atoms with E-state index in [9.17, 15) is 4.79 Å². The van der Waals surface area contributed by atoms with Gasteiger partial charge in [0.15, 0.2) is 0 Å². The molecule has 2 nitrogen and oxygen atoms in total. The highest BCUT2D eigenvalue weighted by Crippen LogP contribution is 2.15. The summed E-state index contributed by atoms with van der Waals surface area (Å²) in [4.78, 5) is 11.8. The Labute approximate surface area is 146 Å². The predicted octanol–water partition coefficient (Wildman–Crippen LogP) is 4.94. The maximum Gasteiger partial charge on any atom is 0.244 e. The van der Waals surface area contributed by atoms with E-state index in [-0.39, 0.29) is 5.91 Å². The van der Waals surface area contributed by atoms with Gasteiger partial charge in [-0.05, 0) is 47.2 Å². The van der Waals surface area contributed by atoms with E-state index in [2.05, 4.69) is 59.4 Å². The van der Waals surface area contributed by atoms with Crippen molar-refractivity contribution in [3.8, 4) is 0 Å². The molecule has 0 heterocycles. The van der Waals surface area contributed by atoms with Crippen LogP contribution >= 0.6 is 15.9 Å². The monoisotopic (exact) mass is 371 g/mol. The first kappa shape index (κ1) is 17.5. The normalized spacial score (nSPS) is 11.1. The maximum absolute atomic E-state index is 11.8. The second kappa shape index (κ2) is 8.68. The van der Waals surface area contributed by atoms with Crippen LogP contribution in [-0.2, 0) is 11.2 Å². The summed E-state index contributed by atoms with van der Waals surface area (Å²) in [7, 11) is 0. The predicted molar refractivity (Wildman–Crippen MR) is 100 cm³/mol. The summed E-state index contributed by atoms with van der Waals surface area (Å²) in [6.07, 6.45) is 4.23. The highest BCUT2D eigenvalue weighted by molar-refractivity contribution is 9.10. The summed E-state index contributed by atoms with van der Waals surface area (Å²) in [6, 6.07) is 16.4. The minimum Gasteiger partial charge on any atom is -0.352 e. The van der Waals surface area contributed by atoms with Gasteiger partial charge in [0.25, 0.3) is 0 Å². The Morgan fingerprint density at radius 2 is 1.91 bits per heavy atom. The van der Waals surface area contributed by atoms with Crippen LogP contribution in [0, 0.1) is 0 Å². The zero-order chi connectivity index (χ0) is 16.7. The molecule has 1 N–H and O–H groups in total. The molecule has 0 aliphatic carbocycles. The van der Waals surface area contributed by atoms with Gasteiger partial charge in [-0.2, -0.15) is 0 Å². The fourth-order valence-corrected chi connectivity index (χ4v) is 2.66. The molecule has 3 heteroatoms. The molecule has 0 radical (unpaired) electrons. The molecule has 2 aromatic rings. The number of rotatable bonds is 6. The van der Waals surface area contributed by atoms with Gasteiger partial charge in [0, 0.05) is 17.1 Å². The van der Waals surface area contributed by atoms with E-state index in [1.165, 1.54) is 11.1 Å². The molecule has 0 spiro atoms. The Bertz CT molecular complexity index is 674. The standard InChI is InChI=1S/C20H22BrNO/c1-15(2)18-9-6-16(7-10-18)12-13-22-20(23)11-8-17-4-3-5-19(21)14-17/h3-11,14-15H,12-13H2,1-2H3,(H,22,23)/b11-8+. The number of hydrogen-bond acceptors (Lipinski definition) is 1. The van der Waals surface area contributed by atoms with Gasteiger partial charge in [-0.15, -0.1) is 0 Å². The van der Waals surface area contributed by atoms with Gasteiger partial charge in [-0.3, -0.25) is 4.79 Å². The molecule has 23 heavy (non-hydrogen) atoms. The first-order valence-corrected chi connectivity index (χ1v) is 8.64. The number of carbonyl (C=O) groups excluding carboxylic acids is 1. The molecule has 1 amide bonds. The molecule has 0 saturated carbocycles. The van der Waals surface area contributed by atoms with Gasteiger partial charge in [0.2, 0.25) is 5.91 Å². The van der Waals surface area contributed by atoms with Gasteiger partial charge < -0.3 is 5.32 Å². The van der Waals surface area contributed by atoms with Crippen LogP contribution in [0.5, 0.6) is 0 Å². The van der Waals surface area contributed by atoms with E-state index < -0.39 is 0 Å². The average Bonchev–Trinajstić information content (AvgIpc) is 2.53. The van der Waals surface area contributed by atoms with Crippen molar-refractivity contribution in [3.63, 3.8) is 0 Å². The van der Waals surface area contributed by atoms with Crippen LogP contribution in [0.25, 0.3) is 6.08 Å². The van der Waals surface area contributed by atoms with Crippen LogP contribution in [0.15, 0.2) is 59.1 Å². The lowest BCUT2D eigenvalue weighted by molar-refractivity contribution is -0.116.